The minimum atomic E-state index is -0.189. The summed E-state index contributed by atoms with van der Waals surface area (Å²) >= 11 is 0. The molecule has 0 saturated carbocycles. The van der Waals surface area contributed by atoms with Crippen LogP contribution in [0.5, 0.6) is 0 Å². The van der Waals surface area contributed by atoms with E-state index in [-0.39, 0.29) is 17.9 Å². The third-order valence-corrected chi connectivity index (χ3v) is 4.79. The van der Waals surface area contributed by atoms with Crippen LogP contribution in [0.4, 0.5) is 0 Å². The number of rotatable bonds is 4. The van der Waals surface area contributed by atoms with Gasteiger partial charge in [-0.05, 0) is 17.5 Å². The molecule has 2 heterocycles. The Balaban J connectivity index is 1.76. The van der Waals surface area contributed by atoms with Crippen molar-refractivity contribution in [3.05, 3.63) is 53.3 Å². The molecule has 6 nitrogen and oxygen atoms in total. The molecule has 0 N–H and O–H groups in total. The zero-order valence-corrected chi connectivity index (χ0v) is 15.0. The highest BCUT2D eigenvalue weighted by atomic mass is 16.2. The van der Waals surface area contributed by atoms with Crippen molar-refractivity contribution in [3.8, 4) is 0 Å². The van der Waals surface area contributed by atoms with E-state index >= 15 is 0 Å². The number of amides is 2. The Labute approximate surface area is 148 Å². The van der Waals surface area contributed by atoms with E-state index in [1.807, 2.05) is 36.3 Å². The van der Waals surface area contributed by atoms with Crippen LogP contribution in [-0.4, -0.2) is 45.0 Å². The lowest BCUT2D eigenvalue weighted by Gasteiger charge is -2.37. The highest BCUT2D eigenvalue weighted by Gasteiger charge is 2.31. The number of hydrogen-bond donors (Lipinski definition) is 0. The van der Waals surface area contributed by atoms with Crippen LogP contribution in [-0.2, 0) is 29.6 Å². The van der Waals surface area contributed by atoms with Gasteiger partial charge in [0.05, 0.1) is 18.7 Å². The molecule has 1 unspecified atom stereocenters. The van der Waals surface area contributed by atoms with Crippen molar-refractivity contribution < 1.29 is 9.59 Å². The molecule has 1 atom stereocenters. The summed E-state index contributed by atoms with van der Waals surface area (Å²) in [6.45, 7) is 2.75. The smallest absolute Gasteiger partial charge is 0.225 e. The Bertz CT molecular complexity index is 783. The summed E-state index contributed by atoms with van der Waals surface area (Å²) in [4.78, 5) is 28.3. The Kier molecular flexibility index (Phi) is 4.88. The zero-order valence-electron chi connectivity index (χ0n) is 15.0. The van der Waals surface area contributed by atoms with Crippen LogP contribution in [0.1, 0.15) is 36.1 Å². The lowest BCUT2D eigenvalue weighted by atomic mass is 9.90. The summed E-state index contributed by atoms with van der Waals surface area (Å²) in [5, 5.41) is 4.14. The average molecular weight is 340 g/mol. The van der Waals surface area contributed by atoms with Crippen molar-refractivity contribution in [2.75, 3.05) is 13.6 Å². The normalized spacial score (nSPS) is 16.4. The topological polar surface area (TPSA) is 58.4 Å². The largest absolute Gasteiger partial charge is 0.341 e. The van der Waals surface area contributed by atoms with Gasteiger partial charge in [0, 0.05) is 45.9 Å². The molecule has 6 heteroatoms. The van der Waals surface area contributed by atoms with E-state index in [0.29, 0.717) is 19.5 Å². The lowest BCUT2D eigenvalue weighted by Crippen LogP contribution is -2.41. The minimum absolute atomic E-state index is 0.0159. The SMILES string of the molecule is CC(=O)N1CCc2ccccc2C1CC(=O)N(C)Cc1cnn(C)c1. The standard InChI is InChI=1S/C19H24N4O2/c1-14(24)23-9-8-16-6-4-5-7-17(16)18(23)10-19(25)21(2)12-15-11-20-22(3)13-15/h4-7,11,13,18H,8-10,12H2,1-3H3. The molecular formula is C19H24N4O2. The summed E-state index contributed by atoms with van der Waals surface area (Å²) in [5.41, 5.74) is 3.31. The first-order valence-corrected chi connectivity index (χ1v) is 8.52. The molecule has 0 fully saturated rings. The summed E-state index contributed by atoms with van der Waals surface area (Å²) in [6, 6.07) is 7.91. The molecule has 25 heavy (non-hydrogen) atoms. The summed E-state index contributed by atoms with van der Waals surface area (Å²) < 4.78 is 1.72. The molecule has 0 radical (unpaired) electrons. The van der Waals surface area contributed by atoms with Gasteiger partial charge in [-0.25, -0.2) is 0 Å². The van der Waals surface area contributed by atoms with Crippen molar-refractivity contribution >= 4 is 11.8 Å². The molecule has 1 aliphatic heterocycles. The van der Waals surface area contributed by atoms with Crippen LogP contribution in [0.2, 0.25) is 0 Å². The first-order chi connectivity index (χ1) is 12.0. The molecule has 2 aromatic rings. The lowest BCUT2D eigenvalue weighted by molar-refractivity contribution is -0.136. The number of aromatic nitrogens is 2. The van der Waals surface area contributed by atoms with Crippen LogP contribution < -0.4 is 0 Å². The van der Waals surface area contributed by atoms with Crippen molar-refractivity contribution in [2.45, 2.75) is 32.4 Å². The average Bonchev–Trinajstić information content (AvgIpc) is 2.99. The van der Waals surface area contributed by atoms with Crippen LogP contribution in [0, 0.1) is 0 Å². The zero-order chi connectivity index (χ0) is 18.0. The number of carbonyl (C=O) groups is 2. The van der Waals surface area contributed by atoms with Gasteiger partial charge in [-0.1, -0.05) is 24.3 Å². The van der Waals surface area contributed by atoms with Gasteiger partial charge in [0.1, 0.15) is 0 Å². The molecule has 2 amide bonds. The fourth-order valence-electron chi connectivity index (χ4n) is 3.49. The predicted octanol–water partition coefficient (Wildman–Crippen LogP) is 1.91. The molecule has 132 valence electrons. The summed E-state index contributed by atoms with van der Waals surface area (Å²) in [5.74, 6) is 0.0408. The van der Waals surface area contributed by atoms with E-state index < -0.39 is 0 Å². The maximum atomic E-state index is 12.8. The second-order valence-electron chi connectivity index (χ2n) is 6.65. The van der Waals surface area contributed by atoms with Gasteiger partial charge >= 0.3 is 0 Å². The molecule has 1 aromatic heterocycles. The third kappa shape index (κ3) is 3.73. The molecule has 0 saturated heterocycles. The first kappa shape index (κ1) is 17.2. The van der Waals surface area contributed by atoms with Crippen LogP contribution in [0.15, 0.2) is 36.7 Å². The number of benzene rings is 1. The summed E-state index contributed by atoms with van der Waals surface area (Å²) in [7, 11) is 3.65. The number of carbonyl (C=O) groups excluding carboxylic acids is 2. The van der Waals surface area contributed by atoms with Crippen molar-refractivity contribution in [1.82, 2.24) is 19.6 Å². The Morgan fingerprint density at radius 2 is 2.08 bits per heavy atom. The van der Waals surface area contributed by atoms with Crippen molar-refractivity contribution in [3.63, 3.8) is 0 Å². The second kappa shape index (κ2) is 7.09. The fraction of sp³-hybridized carbons (Fsp3) is 0.421. The van der Waals surface area contributed by atoms with Gasteiger partial charge in [-0.15, -0.1) is 0 Å². The molecule has 1 aromatic carbocycles. The monoisotopic (exact) mass is 340 g/mol. The van der Waals surface area contributed by atoms with E-state index in [1.165, 1.54) is 5.56 Å². The quantitative estimate of drug-likeness (QED) is 0.854. The molecule has 0 spiro atoms. The van der Waals surface area contributed by atoms with Crippen molar-refractivity contribution in [1.29, 1.82) is 0 Å². The van der Waals surface area contributed by atoms with Gasteiger partial charge in [0.25, 0.3) is 0 Å². The van der Waals surface area contributed by atoms with Gasteiger partial charge in [0.15, 0.2) is 0 Å². The molecule has 0 bridgehead atoms. The van der Waals surface area contributed by atoms with E-state index in [9.17, 15) is 9.59 Å². The van der Waals surface area contributed by atoms with E-state index in [2.05, 4.69) is 11.2 Å². The van der Waals surface area contributed by atoms with Gasteiger partial charge in [-0.2, -0.15) is 5.10 Å². The van der Waals surface area contributed by atoms with Crippen LogP contribution >= 0.6 is 0 Å². The van der Waals surface area contributed by atoms with Crippen molar-refractivity contribution in [2.24, 2.45) is 7.05 Å². The maximum absolute atomic E-state index is 12.8. The fourth-order valence-corrected chi connectivity index (χ4v) is 3.49. The molecule has 0 aliphatic carbocycles. The first-order valence-electron chi connectivity index (χ1n) is 8.52. The van der Waals surface area contributed by atoms with Crippen LogP contribution in [0.3, 0.4) is 0 Å². The van der Waals surface area contributed by atoms with Gasteiger partial charge < -0.3 is 9.80 Å². The van der Waals surface area contributed by atoms with Gasteiger partial charge in [0.2, 0.25) is 11.8 Å². The number of aryl methyl sites for hydroxylation is 1. The van der Waals surface area contributed by atoms with E-state index in [4.69, 9.17) is 0 Å². The number of hydrogen-bond acceptors (Lipinski definition) is 3. The third-order valence-electron chi connectivity index (χ3n) is 4.79. The maximum Gasteiger partial charge on any atom is 0.225 e. The molecule has 1 aliphatic rings. The second-order valence-corrected chi connectivity index (χ2v) is 6.65. The Morgan fingerprint density at radius 3 is 2.76 bits per heavy atom. The highest BCUT2D eigenvalue weighted by Crippen LogP contribution is 2.32. The Morgan fingerprint density at radius 1 is 1.32 bits per heavy atom. The molecule has 3 rings (SSSR count). The number of fused-ring (bicyclic) bond motifs is 1. The van der Waals surface area contributed by atoms with E-state index in [1.54, 1.807) is 29.7 Å². The minimum Gasteiger partial charge on any atom is -0.341 e. The van der Waals surface area contributed by atoms with Crippen LogP contribution in [0.25, 0.3) is 0 Å². The highest BCUT2D eigenvalue weighted by molar-refractivity contribution is 5.79. The van der Waals surface area contributed by atoms with Gasteiger partial charge in [-0.3, -0.25) is 14.3 Å². The predicted molar refractivity (Wildman–Crippen MR) is 94.6 cm³/mol. The van der Waals surface area contributed by atoms with E-state index in [0.717, 1.165) is 17.5 Å². The number of nitrogens with zero attached hydrogens (tertiary/aromatic N) is 4. The molecular weight excluding hydrogens is 316 g/mol. The Hall–Kier alpha value is -2.63. The summed E-state index contributed by atoms with van der Waals surface area (Å²) in [6.07, 6.45) is 4.81.